The fourth-order valence-corrected chi connectivity index (χ4v) is 3.15. The lowest BCUT2D eigenvalue weighted by molar-refractivity contribution is -0.134. The van der Waals surface area contributed by atoms with Gasteiger partial charge in [0.05, 0.1) is 23.4 Å². The van der Waals surface area contributed by atoms with Crippen molar-refractivity contribution < 1.29 is 23.6 Å². The number of ether oxygens (including phenoxy) is 2. The molecule has 8 heteroatoms. The molecule has 26 heavy (non-hydrogen) atoms. The predicted octanol–water partition coefficient (Wildman–Crippen LogP) is 1.92. The number of amides is 2. The number of carbonyl (C=O) groups is 2. The maximum absolute atomic E-state index is 12.2. The van der Waals surface area contributed by atoms with Gasteiger partial charge in [0.15, 0.2) is 5.58 Å². The van der Waals surface area contributed by atoms with Gasteiger partial charge >= 0.3 is 0 Å². The van der Waals surface area contributed by atoms with Crippen LogP contribution in [0.5, 0.6) is 5.88 Å². The third kappa shape index (κ3) is 2.88. The highest BCUT2D eigenvalue weighted by atomic mass is 16.5. The van der Waals surface area contributed by atoms with Crippen LogP contribution in [0.2, 0.25) is 0 Å². The average molecular weight is 355 g/mol. The van der Waals surface area contributed by atoms with Gasteiger partial charge in [-0.25, -0.2) is 4.98 Å². The molecule has 1 unspecified atom stereocenters. The van der Waals surface area contributed by atoms with Gasteiger partial charge in [0.1, 0.15) is 12.3 Å². The monoisotopic (exact) mass is 355 g/mol. The molecule has 3 heterocycles. The van der Waals surface area contributed by atoms with Crippen LogP contribution in [0.15, 0.2) is 28.8 Å². The number of nitrogens with one attached hydrogen (secondary N) is 1. The maximum atomic E-state index is 12.2. The van der Waals surface area contributed by atoms with Gasteiger partial charge in [0.25, 0.3) is 0 Å². The first-order valence-electron chi connectivity index (χ1n) is 8.32. The molecule has 8 nitrogen and oxygen atoms in total. The van der Waals surface area contributed by atoms with Gasteiger partial charge in [-0.3, -0.25) is 14.9 Å². The van der Waals surface area contributed by atoms with Crippen LogP contribution in [0.1, 0.15) is 24.5 Å². The van der Waals surface area contributed by atoms with Crippen molar-refractivity contribution >= 4 is 33.7 Å². The van der Waals surface area contributed by atoms with E-state index in [4.69, 9.17) is 14.0 Å². The van der Waals surface area contributed by atoms with E-state index in [1.54, 1.807) is 19.2 Å². The van der Waals surface area contributed by atoms with Gasteiger partial charge in [-0.1, -0.05) is 5.16 Å². The lowest BCUT2D eigenvalue weighted by Gasteiger charge is -2.19. The zero-order valence-electron chi connectivity index (χ0n) is 14.2. The van der Waals surface area contributed by atoms with Crippen molar-refractivity contribution in [2.45, 2.75) is 18.8 Å². The van der Waals surface area contributed by atoms with Gasteiger partial charge in [-0.2, -0.15) is 0 Å². The molecule has 0 saturated carbocycles. The fourth-order valence-electron chi connectivity index (χ4n) is 3.15. The summed E-state index contributed by atoms with van der Waals surface area (Å²) in [5.41, 5.74) is 1.82. The third-order valence-corrected chi connectivity index (χ3v) is 4.41. The number of carbonyl (C=O) groups excluding carboxylic acids is 2. The fraction of sp³-hybridized carbons (Fsp3) is 0.333. The number of pyridine rings is 1. The summed E-state index contributed by atoms with van der Waals surface area (Å²) >= 11 is 0. The van der Waals surface area contributed by atoms with E-state index in [0.717, 1.165) is 10.8 Å². The van der Waals surface area contributed by atoms with Crippen molar-refractivity contribution in [1.82, 2.24) is 15.5 Å². The van der Waals surface area contributed by atoms with E-state index in [0.29, 0.717) is 42.3 Å². The Morgan fingerprint density at radius 1 is 1.23 bits per heavy atom. The lowest BCUT2D eigenvalue weighted by Crippen LogP contribution is -2.39. The van der Waals surface area contributed by atoms with Crippen molar-refractivity contribution in [3.63, 3.8) is 0 Å². The molecule has 2 aromatic heterocycles. The summed E-state index contributed by atoms with van der Waals surface area (Å²) < 4.78 is 15.9. The standard InChI is InChI=1S/C18H17N3O5/c1-24-8-9-25-15-7-3-10-12(19-15)4-5-13-16(10)17(21-26-13)11-2-6-14(22)20-18(11)23/h3-5,7,11H,2,6,8-9H2,1H3,(H,20,22,23). The molecule has 2 amide bonds. The molecular formula is C18H17N3O5. The summed E-state index contributed by atoms with van der Waals surface area (Å²) in [5.74, 6) is -0.630. The molecule has 0 spiro atoms. The normalized spacial score (nSPS) is 17.7. The van der Waals surface area contributed by atoms with E-state index >= 15 is 0 Å². The maximum Gasteiger partial charge on any atom is 0.235 e. The lowest BCUT2D eigenvalue weighted by atomic mass is 9.92. The van der Waals surface area contributed by atoms with E-state index in [1.807, 2.05) is 12.1 Å². The molecule has 1 fully saturated rings. The van der Waals surface area contributed by atoms with Crippen molar-refractivity contribution in [2.75, 3.05) is 20.3 Å². The number of rotatable bonds is 5. The molecule has 1 aromatic carbocycles. The third-order valence-electron chi connectivity index (χ3n) is 4.41. The van der Waals surface area contributed by atoms with Gasteiger partial charge in [-0.15, -0.1) is 0 Å². The highest BCUT2D eigenvalue weighted by Gasteiger charge is 2.32. The summed E-state index contributed by atoms with van der Waals surface area (Å²) in [5, 5.41) is 8.03. The second-order valence-electron chi connectivity index (χ2n) is 6.07. The summed E-state index contributed by atoms with van der Waals surface area (Å²) in [6.07, 6.45) is 0.694. The van der Waals surface area contributed by atoms with Crippen LogP contribution < -0.4 is 10.1 Å². The van der Waals surface area contributed by atoms with Crippen molar-refractivity contribution in [3.05, 3.63) is 30.0 Å². The summed E-state index contributed by atoms with van der Waals surface area (Å²) in [6.45, 7) is 0.885. The van der Waals surface area contributed by atoms with Crippen LogP contribution in [0, 0.1) is 0 Å². The number of methoxy groups -OCH3 is 1. The quantitative estimate of drug-likeness (QED) is 0.551. The van der Waals surface area contributed by atoms with E-state index in [9.17, 15) is 9.59 Å². The van der Waals surface area contributed by atoms with Crippen molar-refractivity contribution in [3.8, 4) is 5.88 Å². The van der Waals surface area contributed by atoms with Gasteiger partial charge in [-0.05, 0) is 24.6 Å². The summed E-state index contributed by atoms with van der Waals surface area (Å²) in [7, 11) is 1.61. The van der Waals surface area contributed by atoms with E-state index in [1.165, 1.54) is 0 Å². The molecule has 0 bridgehead atoms. The van der Waals surface area contributed by atoms with Crippen LogP contribution in [0.3, 0.4) is 0 Å². The minimum atomic E-state index is -0.517. The minimum absolute atomic E-state index is 0.261. The molecule has 1 aliphatic rings. The number of hydrogen-bond acceptors (Lipinski definition) is 7. The van der Waals surface area contributed by atoms with Crippen LogP contribution in [-0.2, 0) is 14.3 Å². The van der Waals surface area contributed by atoms with Gasteiger partial charge in [0, 0.05) is 25.0 Å². The van der Waals surface area contributed by atoms with E-state index < -0.39 is 5.92 Å². The molecule has 3 aromatic rings. The minimum Gasteiger partial charge on any atom is -0.475 e. The second kappa shape index (κ2) is 6.72. The Hall–Kier alpha value is -3.00. The Balaban J connectivity index is 1.75. The molecule has 4 rings (SSSR count). The summed E-state index contributed by atoms with van der Waals surface area (Å²) in [6, 6.07) is 7.23. The Morgan fingerprint density at radius 3 is 2.92 bits per heavy atom. The Labute approximate surface area is 148 Å². The topological polar surface area (TPSA) is 104 Å². The number of aromatic nitrogens is 2. The van der Waals surface area contributed by atoms with Crippen LogP contribution in [0.25, 0.3) is 21.9 Å². The smallest absolute Gasteiger partial charge is 0.235 e. The molecule has 1 aliphatic heterocycles. The first-order valence-corrected chi connectivity index (χ1v) is 8.32. The average Bonchev–Trinajstić information content (AvgIpc) is 3.06. The number of benzene rings is 1. The largest absolute Gasteiger partial charge is 0.475 e. The molecular weight excluding hydrogens is 338 g/mol. The number of fused-ring (bicyclic) bond motifs is 3. The molecule has 1 N–H and O–H groups in total. The molecule has 0 aliphatic carbocycles. The first-order chi connectivity index (χ1) is 12.7. The Kier molecular flexibility index (Phi) is 4.26. The van der Waals surface area contributed by atoms with Crippen LogP contribution in [-0.4, -0.2) is 42.3 Å². The SMILES string of the molecule is COCCOc1ccc2c(ccc3onc(C4CCC(=O)NC4=O)c32)n1. The number of nitrogens with zero attached hydrogens (tertiary/aromatic N) is 2. The number of hydrogen-bond donors (Lipinski definition) is 1. The molecule has 1 atom stereocenters. The zero-order valence-corrected chi connectivity index (χ0v) is 14.2. The summed E-state index contributed by atoms with van der Waals surface area (Å²) in [4.78, 5) is 28.1. The van der Waals surface area contributed by atoms with Crippen LogP contribution in [0.4, 0.5) is 0 Å². The van der Waals surface area contributed by atoms with Gasteiger partial charge < -0.3 is 14.0 Å². The highest BCUT2D eigenvalue weighted by Crippen LogP contribution is 2.35. The molecule has 0 radical (unpaired) electrons. The van der Waals surface area contributed by atoms with Gasteiger partial charge in [0.2, 0.25) is 17.7 Å². The van der Waals surface area contributed by atoms with E-state index in [-0.39, 0.29) is 18.2 Å². The molecule has 1 saturated heterocycles. The second-order valence-corrected chi connectivity index (χ2v) is 6.07. The Bertz CT molecular complexity index is 997. The number of piperidine rings is 1. The highest BCUT2D eigenvalue weighted by molar-refractivity contribution is 6.09. The first kappa shape index (κ1) is 16.5. The Morgan fingerprint density at radius 2 is 2.12 bits per heavy atom. The zero-order chi connectivity index (χ0) is 18.1. The van der Waals surface area contributed by atoms with E-state index in [2.05, 4.69) is 15.5 Å². The van der Waals surface area contributed by atoms with Crippen LogP contribution >= 0.6 is 0 Å². The van der Waals surface area contributed by atoms with Crippen molar-refractivity contribution in [1.29, 1.82) is 0 Å². The van der Waals surface area contributed by atoms with Crippen molar-refractivity contribution in [2.24, 2.45) is 0 Å². The molecule has 134 valence electrons. The predicted molar refractivity (Wildman–Crippen MR) is 91.8 cm³/mol. The number of imide groups is 1.